The lowest BCUT2D eigenvalue weighted by Crippen LogP contribution is -2.32. The quantitative estimate of drug-likeness (QED) is 0.728. The molecule has 100 valence electrons. The van der Waals surface area contributed by atoms with Crippen LogP contribution in [-0.2, 0) is 9.47 Å². The van der Waals surface area contributed by atoms with Crippen molar-refractivity contribution in [2.75, 3.05) is 6.79 Å². The molecular formula is C10H15F3O4. The summed E-state index contributed by atoms with van der Waals surface area (Å²) in [5.74, 6) is -1.74. The molecule has 4 unspecified atom stereocenters. The predicted octanol–water partition coefficient (Wildman–Crippen LogP) is 1.33. The number of alkyl halides is 2. The van der Waals surface area contributed by atoms with Crippen molar-refractivity contribution in [3.63, 3.8) is 0 Å². The van der Waals surface area contributed by atoms with Crippen molar-refractivity contribution < 1.29 is 32.9 Å². The molecule has 0 amide bonds. The van der Waals surface area contributed by atoms with Crippen LogP contribution in [0.4, 0.5) is 13.2 Å². The van der Waals surface area contributed by atoms with Crippen LogP contribution < -0.4 is 0 Å². The first-order chi connectivity index (χ1) is 7.95. The van der Waals surface area contributed by atoms with Crippen molar-refractivity contribution in [2.24, 2.45) is 0 Å². The van der Waals surface area contributed by atoms with Gasteiger partial charge in [-0.15, -0.1) is 0 Å². The average molecular weight is 256 g/mol. The van der Waals surface area contributed by atoms with Crippen molar-refractivity contribution in [1.29, 1.82) is 0 Å². The van der Waals surface area contributed by atoms with Crippen molar-refractivity contribution in [1.82, 2.24) is 0 Å². The van der Waals surface area contributed by atoms with Gasteiger partial charge in [0.2, 0.25) is 6.29 Å². The van der Waals surface area contributed by atoms with Crippen LogP contribution in [0, 0.1) is 0 Å². The molecule has 4 nitrogen and oxygen atoms in total. The van der Waals surface area contributed by atoms with E-state index < -0.39 is 56.0 Å². The van der Waals surface area contributed by atoms with Crippen LogP contribution in [0.2, 0.25) is 0 Å². The maximum Gasteiger partial charge on any atom is 0.223 e. The highest BCUT2D eigenvalue weighted by atomic mass is 19.2. The minimum Gasteiger partial charge on any atom is -0.461 e. The van der Waals surface area contributed by atoms with Crippen LogP contribution in [0.25, 0.3) is 0 Å². The molecule has 1 aliphatic rings. The number of aliphatic hydroxyl groups is 2. The summed E-state index contributed by atoms with van der Waals surface area (Å²) >= 11 is 0. The van der Waals surface area contributed by atoms with E-state index in [1.165, 1.54) is 6.92 Å². The van der Waals surface area contributed by atoms with Crippen LogP contribution in [0.5, 0.6) is 0 Å². The standard InChI is InChI=1S/C10H15F3O4/c1-5(16-4-14)10(15)17-9-7(12)2-6(11)3-8(9)13/h5-7,10,14-15H,2-4H2,1H3. The second-order valence-corrected chi connectivity index (χ2v) is 3.78. The van der Waals surface area contributed by atoms with Gasteiger partial charge in [0.25, 0.3) is 0 Å². The van der Waals surface area contributed by atoms with Crippen molar-refractivity contribution in [3.8, 4) is 0 Å². The van der Waals surface area contributed by atoms with Crippen LogP contribution >= 0.6 is 0 Å². The second kappa shape index (κ2) is 6.23. The predicted molar refractivity (Wildman–Crippen MR) is 51.9 cm³/mol. The van der Waals surface area contributed by atoms with E-state index in [0.29, 0.717) is 0 Å². The van der Waals surface area contributed by atoms with E-state index in [0.717, 1.165) is 0 Å². The maximum atomic E-state index is 13.3. The van der Waals surface area contributed by atoms with E-state index in [9.17, 15) is 18.3 Å². The molecule has 0 radical (unpaired) electrons. The van der Waals surface area contributed by atoms with Crippen molar-refractivity contribution in [2.45, 2.75) is 44.5 Å². The Balaban J connectivity index is 2.63. The Labute approximate surface area is 96.6 Å². The zero-order valence-corrected chi connectivity index (χ0v) is 9.28. The Hall–Kier alpha value is -0.790. The maximum absolute atomic E-state index is 13.3. The summed E-state index contributed by atoms with van der Waals surface area (Å²) in [5, 5.41) is 17.8. The molecule has 0 saturated carbocycles. The number of aliphatic hydroxyl groups excluding tert-OH is 2. The molecule has 0 aromatic heterocycles. The summed E-state index contributed by atoms with van der Waals surface area (Å²) in [6.07, 6.45) is -7.15. The zero-order chi connectivity index (χ0) is 13.0. The minimum absolute atomic E-state index is 0.495. The first-order valence-electron chi connectivity index (χ1n) is 5.19. The van der Waals surface area contributed by atoms with Crippen LogP contribution in [-0.4, -0.2) is 41.7 Å². The molecule has 0 saturated heterocycles. The molecule has 0 bridgehead atoms. The summed E-state index contributed by atoms with van der Waals surface area (Å²) in [6, 6.07) is 0. The van der Waals surface area contributed by atoms with E-state index in [4.69, 9.17) is 5.11 Å². The number of rotatable bonds is 5. The average Bonchev–Trinajstić information content (AvgIpc) is 2.23. The van der Waals surface area contributed by atoms with Crippen LogP contribution in [0.1, 0.15) is 19.8 Å². The van der Waals surface area contributed by atoms with E-state index in [2.05, 4.69) is 9.47 Å². The molecule has 4 atom stereocenters. The fourth-order valence-corrected chi connectivity index (χ4v) is 1.44. The van der Waals surface area contributed by atoms with Crippen molar-refractivity contribution >= 4 is 0 Å². The van der Waals surface area contributed by atoms with Crippen LogP contribution in [0.15, 0.2) is 11.6 Å². The van der Waals surface area contributed by atoms with E-state index in [1.807, 2.05) is 0 Å². The largest absolute Gasteiger partial charge is 0.461 e. The molecule has 1 aliphatic carbocycles. The van der Waals surface area contributed by atoms with Gasteiger partial charge in [0.05, 0.1) is 0 Å². The molecule has 1 rings (SSSR count). The smallest absolute Gasteiger partial charge is 0.223 e. The van der Waals surface area contributed by atoms with Gasteiger partial charge >= 0.3 is 0 Å². The third-order valence-electron chi connectivity index (χ3n) is 2.40. The molecule has 0 aliphatic heterocycles. The van der Waals surface area contributed by atoms with Gasteiger partial charge in [0.15, 0.2) is 11.9 Å². The highest BCUT2D eigenvalue weighted by molar-refractivity contribution is 5.12. The first-order valence-corrected chi connectivity index (χ1v) is 5.19. The summed E-state index contributed by atoms with van der Waals surface area (Å²) in [7, 11) is 0. The summed E-state index contributed by atoms with van der Waals surface area (Å²) < 4.78 is 48.5. The molecule has 0 aromatic carbocycles. The summed E-state index contributed by atoms with van der Waals surface area (Å²) in [6.45, 7) is 0.697. The van der Waals surface area contributed by atoms with Gasteiger partial charge in [0, 0.05) is 12.8 Å². The number of allylic oxidation sites excluding steroid dienone is 2. The monoisotopic (exact) mass is 256 g/mol. The topological polar surface area (TPSA) is 58.9 Å². The third-order valence-corrected chi connectivity index (χ3v) is 2.40. The van der Waals surface area contributed by atoms with Crippen LogP contribution in [0.3, 0.4) is 0 Å². The van der Waals surface area contributed by atoms with Gasteiger partial charge < -0.3 is 19.7 Å². The second-order valence-electron chi connectivity index (χ2n) is 3.78. The van der Waals surface area contributed by atoms with E-state index in [-0.39, 0.29) is 0 Å². The van der Waals surface area contributed by atoms with Gasteiger partial charge in [-0.3, -0.25) is 0 Å². The van der Waals surface area contributed by atoms with Gasteiger partial charge in [-0.05, 0) is 6.92 Å². The lowest BCUT2D eigenvalue weighted by Gasteiger charge is -2.26. The molecule has 7 heteroatoms. The Bertz CT molecular complexity index is 285. The Morgan fingerprint density at radius 3 is 2.65 bits per heavy atom. The Kier molecular flexibility index (Phi) is 5.23. The Morgan fingerprint density at radius 1 is 1.47 bits per heavy atom. The molecular weight excluding hydrogens is 241 g/mol. The lowest BCUT2D eigenvalue weighted by molar-refractivity contribution is -0.181. The normalized spacial score (nSPS) is 29.1. The SMILES string of the molecule is CC(OCO)C(O)OC1=C(F)CC(F)CC1F. The molecule has 2 N–H and O–H groups in total. The lowest BCUT2D eigenvalue weighted by atomic mass is 10.0. The molecule has 0 spiro atoms. The van der Waals surface area contributed by atoms with Gasteiger partial charge in [-0.25, -0.2) is 13.2 Å². The summed E-state index contributed by atoms with van der Waals surface area (Å²) in [5.41, 5.74) is 0. The molecule has 0 aromatic rings. The molecule has 0 heterocycles. The Morgan fingerprint density at radius 2 is 2.12 bits per heavy atom. The fraction of sp³-hybridized carbons (Fsp3) is 0.800. The zero-order valence-electron chi connectivity index (χ0n) is 9.28. The number of ether oxygens (including phenoxy) is 2. The fourth-order valence-electron chi connectivity index (χ4n) is 1.44. The van der Waals surface area contributed by atoms with Gasteiger partial charge in [0.1, 0.15) is 24.9 Å². The third kappa shape index (κ3) is 3.86. The first kappa shape index (κ1) is 14.3. The minimum atomic E-state index is -1.92. The number of hydrogen-bond donors (Lipinski definition) is 2. The van der Waals surface area contributed by atoms with E-state index >= 15 is 0 Å². The number of halogens is 3. The molecule has 17 heavy (non-hydrogen) atoms. The molecule has 0 fully saturated rings. The van der Waals surface area contributed by atoms with Gasteiger partial charge in [-0.1, -0.05) is 0 Å². The highest BCUT2D eigenvalue weighted by Crippen LogP contribution is 2.32. The van der Waals surface area contributed by atoms with Crippen molar-refractivity contribution in [3.05, 3.63) is 11.6 Å². The van der Waals surface area contributed by atoms with Gasteiger partial charge in [-0.2, -0.15) is 0 Å². The highest BCUT2D eigenvalue weighted by Gasteiger charge is 2.33. The van der Waals surface area contributed by atoms with E-state index in [1.54, 1.807) is 0 Å². The number of hydrogen-bond acceptors (Lipinski definition) is 4. The summed E-state index contributed by atoms with van der Waals surface area (Å²) in [4.78, 5) is 0.